The molecule has 1 heterocycles. The Kier molecular flexibility index (Phi) is 7.32. The number of nitrogens with zero attached hydrogens (tertiary/aromatic N) is 3. The van der Waals surface area contributed by atoms with Crippen LogP contribution in [0.2, 0.25) is 0 Å². The summed E-state index contributed by atoms with van der Waals surface area (Å²) in [6.45, 7) is 3.45. The van der Waals surface area contributed by atoms with E-state index in [-0.39, 0.29) is 24.3 Å². The molecule has 0 saturated heterocycles. The molecular weight excluding hydrogens is 389 g/mol. The molecule has 0 aliphatic heterocycles. The third kappa shape index (κ3) is 5.75. The van der Waals surface area contributed by atoms with E-state index in [9.17, 15) is 14.0 Å². The lowest BCUT2D eigenvalue weighted by atomic mass is 10.1. The predicted octanol–water partition coefficient (Wildman–Crippen LogP) is 4.51. The molecule has 0 unspecified atom stereocenters. The number of benzene rings is 1. The fourth-order valence-corrected chi connectivity index (χ4v) is 3.14. The van der Waals surface area contributed by atoms with E-state index in [1.54, 1.807) is 23.1 Å². The molecule has 0 spiro atoms. The first-order valence-electron chi connectivity index (χ1n) is 10.2. The molecule has 160 valence electrons. The number of amides is 1. The first-order valence-corrected chi connectivity index (χ1v) is 10.2. The molecule has 0 atom stereocenters. The van der Waals surface area contributed by atoms with Crippen LogP contribution in [0.4, 0.5) is 10.1 Å². The molecule has 8 heteroatoms. The molecule has 1 amide bonds. The van der Waals surface area contributed by atoms with Gasteiger partial charge in [0.05, 0.1) is 6.67 Å². The fraction of sp³-hybridized carbons (Fsp3) is 0.455. The van der Waals surface area contributed by atoms with Crippen LogP contribution in [0.15, 0.2) is 40.8 Å². The van der Waals surface area contributed by atoms with Gasteiger partial charge < -0.3 is 14.4 Å². The highest BCUT2D eigenvalue weighted by atomic mass is 19.1. The number of hydrogen-bond donors (Lipinski definition) is 1. The van der Waals surface area contributed by atoms with E-state index in [1.807, 2.05) is 6.07 Å². The van der Waals surface area contributed by atoms with Crippen molar-refractivity contribution in [2.75, 3.05) is 18.1 Å². The van der Waals surface area contributed by atoms with Gasteiger partial charge in [-0.05, 0) is 43.9 Å². The Hall–Kier alpha value is -3.03. The Labute approximate surface area is 174 Å². The second kappa shape index (κ2) is 10.1. The average Bonchev–Trinajstić information content (AvgIpc) is 3.47. The van der Waals surface area contributed by atoms with E-state index >= 15 is 0 Å². The number of halogens is 1. The number of carbonyl (C=O) groups excluding carboxylic acids is 1. The SMILES string of the molecule is C=C(CCF)C(=O)N(CCCCCC(=O)O)c1cccc(-c2nnc(C3CC3)o2)c1. The number of aliphatic carboxylic acids is 1. The van der Waals surface area contributed by atoms with Crippen molar-refractivity contribution in [2.24, 2.45) is 0 Å². The lowest BCUT2D eigenvalue weighted by Gasteiger charge is -2.24. The topological polar surface area (TPSA) is 96.5 Å². The summed E-state index contributed by atoms with van der Waals surface area (Å²) >= 11 is 0. The Morgan fingerprint density at radius 3 is 2.70 bits per heavy atom. The van der Waals surface area contributed by atoms with Crippen molar-refractivity contribution in [3.63, 3.8) is 0 Å². The minimum absolute atomic E-state index is 0.0254. The number of carboxylic acids is 1. The summed E-state index contributed by atoms with van der Waals surface area (Å²) in [5.41, 5.74) is 1.52. The summed E-state index contributed by atoms with van der Waals surface area (Å²) in [7, 11) is 0. The second-order valence-electron chi connectivity index (χ2n) is 7.47. The Morgan fingerprint density at radius 2 is 2.00 bits per heavy atom. The summed E-state index contributed by atoms with van der Waals surface area (Å²) in [6.07, 6.45) is 4.01. The summed E-state index contributed by atoms with van der Waals surface area (Å²) in [5.74, 6) is 0.208. The van der Waals surface area contributed by atoms with Crippen LogP contribution in [0.3, 0.4) is 0 Å². The first-order chi connectivity index (χ1) is 14.5. The lowest BCUT2D eigenvalue weighted by Crippen LogP contribution is -2.33. The van der Waals surface area contributed by atoms with Crippen molar-refractivity contribution in [2.45, 2.75) is 50.9 Å². The summed E-state index contributed by atoms with van der Waals surface area (Å²) in [5, 5.41) is 17.0. The van der Waals surface area contributed by atoms with Crippen LogP contribution in [-0.2, 0) is 9.59 Å². The third-order valence-corrected chi connectivity index (χ3v) is 4.99. The third-order valence-electron chi connectivity index (χ3n) is 4.99. The van der Waals surface area contributed by atoms with Crippen LogP contribution in [0.25, 0.3) is 11.5 Å². The Bertz CT molecular complexity index is 907. The maximum Gasteiger partial charge on any atom is 0.303 e. The van der Waals surface area contributed by atoms with E-state index in [2.05, 4.69) is 16.8 Å². The number of rotatable bonds is 12. The van der Waals surface area contributed by atoms with Gasteiger partial charge in [0.1, 0.15) is 0 Å². The summed E-state index contributed by atoms with van der Waals surface area (Å²) in [6, 6.07) is 7.22. The molecule has 2 aromatic rings. The van der Waals surface area contributed by atoms with E-state index in [0.29, 0.717) is 54.8 Å². The van der Waals surface area contributed by atoms with Crippen LogP contribution in [0, 0.1) is 0 Å². The number of aromatic nitrogens is 2. The zero-order valence-corrected chi connectivity index (χ0v) is 16.8. The smallest absolute Gasteiger partial charge is 0.303 e. The highest BCUT2D eigenvalue weighted by molar-refractivity contribution is 6.05. The molecule has 1 aromatic heterocycles. The number of alkyl halides is 1. The van der Waals surface area contributed by atoms with Gasteiger partial charge in [-0.1, -0.05) is 19.1 Å². The minimum atomic E-state index is -0.836. The van der Waals surface area contributed by atoms with Gasteiger partial charge in [0, 0.05) is 42.1 Å². The molecule has 1 N–H and O–H groups in total. The van der Waals surface area contributed by atoms with Crippen LogP contribution in [0.1, 0.15) is 56.8 Å². The first kappa shape index (κ1) is 21.7. The normalized spacial score (nSPS) is 13.2. The predicted molar refractivity (Wildman–Crippen MR) is 110 cm³/mol. The number of unbranched alkanes of at least 4 members (excludes halogenated alkanes) is 2. The number of anilines is 1. The Balaban J connectivity index is 1.76. The Morgan fingerprint density at radius 1 is 1.20 bits per heavy atom. The van der Waals surface area contributed by atoms with Gasteiger partial charge in [0.15, 0.2) is 0 Å². The standard InChI is InChI=1S/C22H26FN3O4/c1-15(11-12-23)22(29)26(13-4-2-3-8-19(27)28)18-7-5-6-17(14-18)21-25-24-20(30-21)16-9-10-16/h5-7,14,16H,1-4,8-13H2,(H,27,28). The fourth-order valence-electron chi connectivity index (χ4n) is 3.14. The molecule has 1 aromatic carbocycles. The number of hydrogen-bond acceptors (Lipinski definition) is 5. The zero-order chi connectivity index (χ0) is 21.5. The van der Waals surface area contributed by atoms with E-state index in [0.717, 1.165) is 12.8 Å². The number of carbonyl (C=O) groups is 2. The van der Waals surface area contributed by atoms with Crippen molar-refractivity contribution in [3.8, 4) is 11.5 Å². The molecule has 1 fully saturated rings. The zero-order valence-electron chi connectivity index (χ0n) is 16.8. The van der Waals surface area contributed by atoms with Gasteiger partial charge >= 0.3 is 5.97 Å². The lowest BCUT2D eigenvalue weighted by molar-refractivity contribution is -0.137. The van der Waals surface area contributed by atoms with Gasteiger partial charge in [-0.15, -0.1) is 10.2 Å². The van der Waals surface area contributed by atoms with E-state index in [4.69, 9.17) is 9.52 Å². The van der Waals surface area contributed by atoms with Gasteiger partial charge in [0.2, 0.25) is 11.8 Å². The summed E-state index contributed by atoms with van der Waals surface area (Å²) in [4.78, 5) is 25.1. The molecular formula is C22H26FN3O4. The average molecular weight is 415 g/mol. The van der Waals surface area contributed by atoms with Crippen molar-refractivity contribution < 1.29 is 23.5 Å². The maximum absolute atomic E-state index is 12.9. The summed E-state index contributed by atoms with van der Waals surface area (Å²) < 4.78 is 18.5. The van der Waals surface area contributed by atoms with Gasteiger partial charge in [-0.25, -0.2) is 0 Å². The van der Waals surface area contributed by atoms with Crippen molar-refractivity contribution in [1.82, 2.24) is 10.2 Å². The highest BCUT2D eigenvalue weighted by Crippen LogP contribution is 2.40. The van der Waals surface area contributed by atoms with Crippen molar-refractivity contribution in [3.05, 3.63) is 42.3 Å². The molecule has 3 rings (SSSR count). The second-order valence-corrected chi connectivity index (χ2v) is 7.47. The number of carboxylic acid groups (broad SMARTS) is 1. The van der Waals surface area contributed by atoms with Gasteiger partial charge in [0.25, 0.3) is 5.91 Å². The van der Waals surface area contributed by atoms with Crippen molar-refractivity contribution in [1.29, 1.82) is 0 Å². The molecule has 7 nitrogen and oxygen atoms in total. The monoisotopic (exact) mass is 415 g/mol. The van der Waals surface area contributed by atoms with Crippen LogP contribution >= 0.6 is 0 Å². The largest absolute Gasteiger partial charge is 0.481 e. The van der Waals surface area contributed by atoms with Crippen molar-refractivity contribution >= 4 is 17.6 Å². The highest BCUT2D eigenvalue weighted by Gasteiger charge is 2.29. The van der Waals surface area contributed by atoms with Gasteiger partial charge in [-0.2, -0.15) is 0 Å². The quantitative estimate of drug-likeness (QED) is 0.405. The van der Waals surface area contributed by atoms with Crippen LogP contribution in [-0.4, -0.2) is 40.4 Å². The maximum atomic E-state index is 12.9. The molecule has 30 heavy (non-hydrogen) atoms. The van der Waals surface area contributed by atoms with E-state index < -0.39 is 12.6 Å². The van der Waals surface area contributed by atoms with E-state index in [1.165, 1.54) is 0 Å². The van der Waals surface area contributed by atoms with Crippen LogP contribution in [0.5, 0.6) is 0 Å². The molecule has 0 bridgehead atoms. The molecule has 1 saturated carbocycles. The minimum Gasteiger partial charge on any atom is -0.481 e. The van der Waals surface area contributed by atoms with Gasteiger partial charge in [-0.3, -0.25) is 14.0 Å². The molecule has 1 aliphatic rings. The molecule has 1 aliphatic carbocycles. The molecule has 0 radical (unpaired) electrons. The van der Waals surface area contributed by atoms with Crippen LogP contribution < -0.4 is 4.90 Å².